The number of carbonyl (C=O) groups is 2. The largest absolute Gasteiger partial charge is 0.478 e. The van der Waals surface area contributed by atoms with E-state index >= 15 is 0 Å². The zero-order chi connectivity index (χ0) is 18.5. The molecule has 0 spiro atoms. The lowest BCUT2D eigenvalue weighted by atomic mass is 9.94. The van der Waals surface area contributed by atoms with Gasteiger partial charge in [-0.15, -0.1) is 0 Å². The number of benzene rings is 2. The van der Waals surface area contributed by atoms with Gasteiger partial charge in [-0.25, -0.2) is 14.0 Å². The third-order valence-electron chi connectivity index (χ3n) is 4.55. The van der Waals surface area contributed by atoms with E-state index in [1.54, 1.807) is 11.0 Å². The third-order valence-corrected chi connectivity index (χ3v) is 4.55. The number of nitrogens with zero attached hydrogens (tertiary/aromatic N) is 1. The number of likely N-dealkylation sites (tertiary alicyclic amines) is 1. The van der Waals surface area contributed by atoms with Gasteiger partial charge in [-0.1, -0.05) is 36.4 Å². The van der Waals surface area contributed by atoms with Gasteiger partial charge in [-0.2, -0.15) is 0 Å². The van der Waals surface area contributed by atoms with Gasteiger partial charge in [0.1, 0.15) is 12.4 Å². The number of hydrogen-bond acceptors (Lipinski definition) is 3. The average Bonchev–Trinajstić information content (AvgIpc) is 2.66. The maximum absolute atomic E-state index is 14.0. The first-order valence-electron chi connectivity index (χ1n) is 8.56. The molecule has 1 atom stereocenters. The van der Waals surface area contributed by atoms with Crippen LogP contribution in [-0.4, -0.2) is 28.6 Å². The van der Waals surface area contributed by atoms with Crippen molar-refractivity contribution in [1.29, 1.82) is 0 Å². The highest BCUT2D eigenvalue weighted by Gasteiger charge is 2.30. The summed E-state index contributed by atoms with van der Waals surface area (Å²) in [5, 5.41) is 8.96. The Bertz CT molecular complexity index is 794. The molecule has 0 bridgehead atoms. The number of carbonyl (C=O) groups excluding carboxylic acids is 1. The number of piperidine rings is 1. The van der Waals surface area contributed by atoms with Crippen LogP contribution in [0.5, 0.6) is 0 Å². The van der Waals surface area contributed by atoms with Crippen LogP contribution in [0, 0.1) is 5.82 Å². The predicted octanol–water partition coefficient (Wildman–Crippen LogP) is 4.39. The van der Waals surface area contributed by atoms with Gasteiger partial charge >= 0.3 is 12.1 Å². The number of ether oxygens (including phenoxy) is 1. The molecule has 2 aromatic rings. The number of rotatable bonds is 4. The molecule has 2 aromatic carbocycles. The first kappa shape index (κ1) is 17.9. The van der Waals surface area contributed by atoms with Crippen LogP contribution >= 0.6 is 0 Å². The Morgan fingerprint density at radius 3 is 2.62 bits per heavy atom. The Morgan fingerprint density at radius 1 is 1.15 bits per heavy atom. The van der Waals surface area contributed by atoms with Gasteiger partial charge in [0.05, 0.1) is 11.6 Å². The molecule has 5 nitrogen and oxygen atoms in total. The Hall–Kier alpha value is -2.89. The van der Waals surface area contributed by atoms with E-state index in [0.717, 1.165) is 18.4 Å². The van der Waals surface area contributed by atoms with Crippen molar-refractivity contribution < 1.29 is 23.8 Å². The molecule has 0 unspecified atom stereocenters. The second-order valence-corrected chi connectivity index (χ2v) is 6.29. The normalized spacial score (nSPS) is 17.0. The van der Waals surface area contributed by atoms with E-state index in [0.29, 0.717) is 18.5 Å². The van der Waals surface area contributed by atoms with E-state index in [2.05, 4.69) is 0 Å². The standard InChI is InChI=1S/C20H20FNO4/c21-17-12-15(9-10-16(17)19(23)24)18-8-4-5-11-22(18)20(25)26-13-14-6-2-1-3-7-14/h1-3,6-7,9-10,12,18H,4-5,8,11,13H2,(H,23,24)/t18-/m1/s1. The SMILES string of the molecule is O=C(O)c1ccc([C@H]2CCCCN2C(=O)OCc2ccccc2)cc1F. The van der Waals surface area contributed by atoms with Gasteiger partial charge in [0.25, 0.3) is 0 Å². The average molecular weight is 357 g/mol. The van der Waals surface area contributed by atoms with E-state index in [9.17, 15) is 14.0 Å². The monoisotopic (exact) mass is 357 g/mol. The van der Waals surface area contributed by atoms with Crippen LogP contribution in [0.25, 0.3) is 0 Å². The van der Waals surface area contributed by atoms with Gasteiger partial charge in [-0.3, -0.25) is 0 Å². The van der Waals surface area contributed by atoms with E-state index < -0.39 is 17.9 Å². The molecule has 1 N–H and O–H groups in total. The van der Waals surface area contributed by atoms with Gasteiger partial charge < -0.3 is 14.7 Å². The van der Waals surface area contributed by atoms with Crippen molar-refractivity contribution in [2.45, 2.75) is 31.9 Å². The molecule has 1 heterocycles. The van der Waals surface area contributed by atoms with Crippen molar-refractivity contribution >= 4 is 12.1 Å². The molecule has 1 saturated heterocycles. The maximum atomic E-state index is 14.0. The van der Waals surface area contributed by atoms with Crippen molar-refractivity contribution in [3.63, 3.8) is 0 Å². The minimum Gasteiger partial charge on any atom is -0.478 e. The lowest BCUT2D eigenvalue weighted by Crippen LogP contribution is -2.38. The molecule has 3 rings (SSSR count). The van der Waals surface area contributed by atoms with Crippen LogP contribution in [-0.2, 0) is 11.3 Å². The van der Waals surface area contributed by atoms with Gasteiger partial charge in [0.15, 0.2) is 0 Å². The highest BCUT2D eigenvalue weighted by molar-refractivity contribution is 5.88. The quantitative estimate of drug-likeness (QED) is 0.881. The molecular formula is C20H20FNO4. The molecule has 1 fully saturated rings. The van der Waals surface area contributed by atoms with Gasteiger partial charge in [0.2, 0.25) is 0 Å². The van der Waals surface area contributed by atoms with Crippen molar-refractivity contribution in [3.8, 4) is 0 Å². The highest BCUT2D eigenvalue weighted by Crippen LogP contribution is 2.32. The molecule has 0 radical (unpaired) electrons. The minimum absolute atomic E-state index is 0.176. The van der Waals surface area contributed by atoms with Crippen molar-refractivity contribution in [2.75, 3.05) is 6.54 Å². The topological polar surface area (TPSA) is 66.8 Å². The van der Waals surface area contributed by atoms with Crippen LogP contribution in [0.1, 0.15) is 46.8 Å². The molecule has 26 heavy (non-hydrogen) atoms. The summed E-state index contributed by atoms with van der Waals surface area (Å²) >= 11 is 0. The summed E-state index contributed by atoms with van der Waals surface area (Å²) in [5.41, 5.74) is 1.11. The number of carboxylic acid groups (broad SMARTS) is 1. The van der Waals surface area contributed by atoms with Gasteiger partial charge in [-0.05, 0) is 42.5 Å². The Kier molecular flexibility index (Phi) is 5.51. The summed E-state index contributed by atoms with van der Waals surface area (Å²) in [6.45, 7) is 0.704. The summed E-state index contributed by atoms with van der Waals surface area (Å²) in [7, 11) is 0. The maximum Gasteiger partial charge on any atom is 0.410 e. The summed E-state index contributed by atoms with van der Waals surface area (Å²) in [4.78, 5) is 25.1. The second kappa shape index (κ2) is 7.99. The first-order valence-corrected chi connectivity index (χ1v) is 8.56. The van der Waals surface area contributed by atoms with Crippen LogP contribution in [0.3, 0.4) is 0 Å². The summed E-state index contributed by atoms with van der Waals surface area (Å²) in [6.07, 6.45) is 2.01. The molecule has 1 aliphatic rings. The molecule has 0 aromatic heterocycles. The fraction of sp³-hybridized carbons (Fsp3) is 0.300. The zero-order valence-corrected chi connectivity index (χ0v) is 14.2. The zero-order valence-electron chi connectivity index (χ0n) is 14.2. The van der Waals surface area contributed by atoms with Crippen molar-refractivity contribution in [3.05, 3.63) is 71.0 Å². The van der Waals surface area contributed by atoms with Crippen LogP contribution in [0.2, 0.25) is 0 Å². The van der Waals surface area contributed by atoms with Crippen LogP contribution < -0.4 is 0 Å². The summed E-state index contributed by atoms with van der Waals surface area (Å²) < 4.78 is 19.4. The highest BCUT2D eigenvalue weighted by atomic mass is 19.1. The second-order valence-electron chi connectivity index (χ2n) is 6.29. The predicted molar refractivity (Wildman–Crippen MR) is 93.3 cm³/mol. The molecule has 0 aliphatic carbocycles. The van der Waals surface area contributed by atoms with E-state index in [1.807, 2.05) is 30.3 Å². The van der Waals surface area contributed by atoms with Crippen molar-refractivity contribution in [2.24, 2.45) is 0 Å². The summed E-state index contributed by atoms with van der Waals surface area (Å²) in [5.74, 6) is -2.10. The summed E-state index contributed by atoms with van der Waals surface area (Å²) in [6, 6.07) is 13.1. The number of halogens is 1. The molecule has 0 saturated carbocycles. The molecule has 6 heteroatoms. The smallest absolute Gasteiger partial charge is 0.410 e. The van der Waals surface area contributed by atoms with Crippen molar-refractivity contribution in [1.82, 2.24) is 4.90 Å². The first-order chi connectivity index (χ1) is 12.6. The number of hydrogen-bond donors (Lipinski definition) is 1. The van der Waals surface area contributed by atoms with E-state index in [-0.39, 0.29) is 18.2 Å². The molecule has 136 valence electrons. The fourth-order valence-electron chi connectivity index (χ4n) is 3.21. The third kappa shape index (κ3) is 4.02. The van der Waals surface area contributed by atoms with E-state index in [1.165, 1.54) is 12.1 Å². The minimum atomic E-state index is -1.31. The molecule has 1 aliphatic heterocycles. The lowest BCUT2D eigenvalue weighted by molar-refractivity contribution is 0.0667. The number of carboxylic acids is 1. The van der Waals surface area contributed by atoms with Gasteiger partial charge in [0, 0.05) is 6.54 Å². The number of aromatic carboxylic acids is 1. The van der Waals surface area contributed by atoms with E-state index in [4.69, 9.17) is 9.84 Å². The Labute approximate surface area is 151 Å². The lowest BCUT2D eigenvalue weighted by Gasteiger charge is -2.35. The fourth-order valence-corrected chi connectivity index (χ4v) is 3.21. The Balaban J connectivity index is 1.74. The molecular weight excluding hydrogens is 337 g/mol. The molecule has 1 amide bonds. The van der Waals surface area contributed by atoms with Crippen LogP contribution in [0.15, 0.2) is 48.5 Å². The number of amides is 1. The van der Waals surface area contributed by atoms with Crippen LogP contribution in [0.4, 0.5) is 9.18 Å². The Morgan fingerprint density at radius 2 is 1.92 bits per heavy atom.